The van der Waals surface area contributed by atoms with Crippen molar-refractivity contribution in [3.05, 3.63) is 18.2 Å². The highest BCUT2D eigenvalue weighted by Crippen LogP contribution is 1.98. The monoisotopic (exact) mass is 284 g/mol. The van der Waals surface area contributed by atoms with Crippen LogP contribution in [-0.4, -0.2) is 43.8 Å². The number of urea groups is 1. The van der Waals surface area contributed by atoms with Crippen LogP contribution in [0.5, 0.6) is 0 Å². The minimum atomic E-state index is -1.28. The van der Waals surface area contributed by atoms with E-state index in [2.05, 4.69) is 15.6 Å². The zero-order valence-corrected chi connectivity index (χ0v) is 10.9. The van der Waals surface area contributed by atoms with Crippen LogP contribution in [0.25, 0.3) is 0 Å². The first-order valence-electron chi connectivity index (χ1n) is 5.85. The summed E-state index contributed by atoms with van der Waals surface area (Å²) in [4.78, 5) is 36.8. The van der Waals surface area contributed by atoms with Crippen molar-refractivity contribution in [2.24, 2.45) is 7.05 Å². The average Bonchev–Trinajstić information content (AvgIpc) is 2.77. The quantitative estimate of drug-likeness (QED) is 0.535. The third kappa shape index (κ3) is 4.96. The summed E-state index contributed by atoms with van der Waals surface area (Å²) in [5.41, 5.74) is 0. The van der Waals surface area contributed by atoms with Crippen molar-refractivity contribution in [2.45, 2.75) is 25.4 Å². The summed E-state index contributed by atoms with van der Waals surface area (Å²) in [5, 5.41) is 22.0. The Morgan fingerprint density at radius 2 is 2.10 bits per heavy atom. The van der Waals surface area contributed by atoms with Gasteiger partial charge in [0.25, 0.3) is 0 Å². The fourth-order valence-electron chi connectivity index (χ4n) is 1.46. The molecule has 110 valence electrons. The molecule has 1 atom stereocenters. The number of hydrogen-bond donors (Lipinski definition) is 4. The molecule has 0 aliphatic rings. The standard InChI is InChI=1S/C11H16N4O5/c1-15-5-4-12-8(15)6-13-11(20)14-7(10(18)19)2-3-9(16)17/h4-5,7H,2-3,6H2,1H3,(H,16,17)(H,18,19)(H2,13,14,20). The molecule has 2 amide bonds. The number of carbonyl (C=O) groups is 3. The molecule has 0 saturated heterocycles. The van der Waals surface area contributed by atoms with E-state index in [1.54, 1.807) is 24.0 Å². The summed E-state index contributed by atoms with van der Waals surface area (Å²) in [6.07, 6.45) is 2.76. The number of carboxylic acids is 2. The van der Waals surface area contributed by atoms with Crippen molar-refractivity contribution in [1.29, 1.82) is 0 Å². The summed E-state index contributed by atoms with van der Waals surface area (Å²) in [6, 6.07) is -1.93. The normalized spacial score (nSPS) is 11.7. The Morgan fingerprint density at radius 3 is 2.60 bits per heavy atom. The van der Waals surface area contributed by atoms with Crippen LogP contribution in [0.15, 0.2) is 12.4 Å². The number of rotatable bonds is 7. The Bertz CT molecular complexity index is 499. The number of nitrogens with one attached hydrogen (secondary N) is 2. The van der Waals surface area contributed by atoms with E-state index >= 15 is 0 Å². The molecule has 9 nitrogen and oxygen atoms in total. The largest absolute Gasteiger partial charge is 0.481 e. The van der Waals surface area contributed by atoms with Crippen molar-refractivity contribution >= 4 is 18.0 Å². The Balaban J connectivity index is 2.43. The second-order valence-corrected chi connectivity index (χ2v) is 4.10. The van der Waals surface area contributed by atoms with E-state index in [9.17, 15) is 14.4 Å². The molecule has 0 aromatic carbocycles. The fraction of sp³-hybridized carbons (Fsp3) is 0.455. The number of aromatic nitrogens is 2. The molecule has 1 heterocycles. The molecule has 0 radical (unpaired) electrons. The minimum absolute atomic E-state index is 0.139. The van der Waals surface area contributed by atoms with Crippen LogP contribution in [0, 0.1) is 0 Å². The smallest absolute Gasteiger partial charge is 0.326 e. The Kier molecular flexibility index (Phi) is 5.51. The number of hydrogen-bond acceptors (Lipinski definition) is 4. The van der Waals surface area contributed by atoms with E-state index in [0.29, 0.717) is 5.82 Å². The highest BCUT2D eigenvalue weighted by molar-refractivity contribution is 5.82. The molecule has 0 saturated carbocycles. The van der Waals surface area contributed by atoms with Crippen molar-refractivity contribution in [1.82, 2.24) is 20.2 Å². The first-order valence-corrected chi connectivity index (χ1v) is 5.85. The van der Waals surface area contributed by atoms with E-state index in [1.165, 1.54) is 0 Å². The average molecular weight is 284 g/mol. The van der Waals surface area contributed by atoms with Gasteiger partial charge in [-0.15, -0.1) is 0 Å². The molecule has 20 heavy (non-hydrogen) atoms. The van der Waals surface area contributed by atoms with Crippen LogP contribution in [0.1, 0.15) is 18.7 Å². The second kappa shape index (κ2) is 7.12. The Morgan fingerprint density at radius 1 is 1.40 bits per heavy atom. The van der Waals surface area contributed by atoms with Crippen LogP contribution in [0.4, 0.5) is 4.79 Å². The lowest BCUT2D eigenvalue weighted by molar-refractivity contribution is -0.140. The van der Waals surface area contributed by atoms with Crippen molar-refractivity contribution in [2.75, 3.05) is 0 Å². The highest BCUT2D eigenvalue weighted by atomic mass is 16.4. The molecule has 0 aliphatic heterocycles. The molecule has 0 aliphatic carbocycles. The molecule has 0 bridgehead atoms. The minimum Gasteiger partial charge on any atom is -0.481 e. The van der Waals surface area contributed by atoms with Gasteiger partial charge >= 0.3 is 18.0 Å². The van der Waals surface area contributed by atoms with Gasteiger partial charge in [0.2, 0.25) is 0 Å². The van der Waals surface area contributed by atoms with Gasteiger partial charge < -0.3 is 25.4 Å². The van der Waals surface area contributed by atoms with E-state index in [0.717, 1.165) is 0 Å². The van der Waals surface area contributed by atoms with Gasteiger partial charge in [-0.2, -0.15) is 0 Å². The number of imidazole rings is 1. The lowest BCUT2D eigenvalue weighted by atomic mass is 10.1. The van der Waals surface area contributed by atoms with Crippen molar-refractivity contribution in [3.8, 4) is 0 Å². The van der Waals surface area contributed by atoms with Gasteiger partial charge in [0.05, 0.1) is 6.54 Å². The number of nitrogens with zero attached hydrogens (tertiary/aromatic N) is 2. The number of carbonyl (C=O) groups excluding carboxylic acids is 1. The zero-order chi connectivity index (χ0) is 15.1. The number of aryl methyl sites for hydroxylation is 1. The Labute approximate surface area is 114 Å². The van der Waals surface area contributed by atoms with Crippen LogP contribution in [-0.2, 0) is 23.2 Å². The van der Waals surface area contributed by atoms with Gasteiger partial charge in [0.15, 0.2) is 0 Å². The SMILES string of the molecule is Cn1ccnc1CNC(=O)NC(CCC(=O)O)C(=O)O. The summed E-state index contributed by atoms with van der Waals surface area (Å²) in [5.74, 6) is -1.79. The maximum Gasteiger partial charge on any atom is 0.326 e. The zero-order valence-electron chi connectivity index (χ0n) is 10.9. The predicted molar refractivity (Wildman–Crippen MR) is 66.9 cm³/mol. The lowest BCUT2D eigenvalue weighted by Crippen LogP contribution is -2.46. The number of aliphatic carboxylic acids is 2. The summed E-state index contributed by atoms with van der Waals surface area (Å²) < 4.78 is 1.71. The maximum atomic E-state index is 11.5. The topological polar surface area (TPSA) is 134 Å². The van der Waals surface area contributed by atoms with Gasteiger partial charge in [-0.05, 0) is 6.42 Å². The summed E-state index contributed by atoms with van der Waals surface area (Å²) in [7, 11) is 1.76. The van der Waals surface area contributed by atoms with Crippen molar-refractivity contribution in [3.63, 3.8) is 0 Å². The van der Waals surface area contributed by atoms with Gasteiger partial charge in [-0.1, -0.05) is 0 Å². The van der Waals surface area contributed by atoms with Crippen LogP contribution in [0.2, 0.25) is 0 Å². The summed E-state index contributed by atoms with van der Waals surface area (Å²) >= 11 is 0. The Hall–Kier alpha value is -2.58. The van der Waals surface area contributed by atoms with Gasteiger partial charge in [-0.25, -0.2) is 14.6 Å². The molecule has 0 fully saturated rings. The van der Waals surface area contributed by atoms with E-state index in [1.807, 2.05) is 0 Å². The van der Waals surface area contributed by atoms with Crippen LogP contribution in [0.3, 0.4) is 0 Å². The number of amides is 2. The summed E-state index contributed by atoms with van der Waals surface area (Å²) in [6.45, 7) is 0.139. The van der Waals surface area contributed by atoms with Gasteiger partial charge in [0, 0.05) is 25.9 Å². The molecule has 1 rings (SSSR count). The molecular weight excluding hydrogens is 268 g/mol. The first-order chi connectivity index (χ1) is 9.40. The van der Waals surface area contributed by atoms with Crippen molar-refractivity contribution < 1.29 is 24.6 Å². The van der Waals surface area contributed by atoms with Crippen LogP contribution < -0.4 is 10.6 Å². The fourth-order valence-corrected chi connectivity index (χ4v) is 1.46. The van der Waals surface area contributed by atoms with E-state index < -0.39 is 24.0 Å². The predicted octanol–water partition coefficient (Wildman–Crippen LogP) is -0.463. The van der Waals surface area contributed by atoms with E-state index in [4.69, 9.17) is 10.2 Å². The lowest BCUT2D eigenvalue weighted by Gasteiger charge is -2.14. The first kappa shape index (κ1) is 15.5. The molecule has 1 unspecified atom stereocenters. The van der Waals surface area contributed by atoms with E-state index in [-0.39, 0.29) is 19.4 Å². The van der Waals surface area contributed by atoms with Gasteiger partial charge in [-0.3, -0.25) is 4.79 Å². The number of carboxylic acid groups (broad SMARTS) is 2. The molecule has 1 aromatic rings. The van der Waals surface area contributed by atoms with Crippen LogP contribution >= 0.6 is 0 Å². The van der Waals surface area contributed by atoms with Gasteiger partial charge in [0.1, 0.15) is 11.9 Å². The molecule has 4 N–H and O–H groups in total. The molecule has 9 heteroatoms. The second-order valence-electron chi connectivity index (χ2n) is 4.10. The third-order valence-corrected chi connectivity index (χ3v) is 2.58. The molecule has 1 aromatic heterocycles. The molecular formula is C11H16N4O5. The molecule has 0 spiro atoms. The maximum absolute atomic E-state index is 11.5. The third-order valence-electron chi connectivity index (χ3n) is 2.58. The highest BCUT2D eigenvalue weighted by Gasteiger charge is 2.20.